The van der Waals surface area contributed by atoms with Crippen LogP contribution in [-0.4, -0.2) is 53.8 Å². The lowest BCUT2D eigenvalue weighted by molar-refractivity contribution is 0.312. The van der Waals surface area contributed by atoms with Crippen molar-refractivity contribution in [3.8, 4) is 0 Å². The number of aryl methyl sites for hydroxylation is 1. The fourth-order valence-corrected chi connectivity index (χ4v) is 3.23. The number of hydrogen-bond acceptors (Lipinski definition) is 6. The second-order valence-electron chi connectivity index (χ2n) is 6.90. The number of fused-ring (bicyclic) bond motifs is 1. The van der Waals surface area contributed by atoms with Crippen molar-refractivity contribution in [2.75, 3.05) is 38.1 Å². The van der Waals surface area contributed by atoms with E-state index < -0.39 is 5.82 Å². The van der Waals surface area contributed by atoms with Gasteiger partial charge in [-0.05, 0) is 26.1 Å². The van der Waals surface area contributed by atoms with E-state index in [0.29, 0.717) is 17.2 Å². The van der Waals surface area contributed by atoms with E-state index in [9.17, 15) is 4.39 Å². The molecule has 0 saturated carbocycles. The molecular formula is C20H22FN5O. The Morgan fingerprint density at radius 3 is 2.67 bits per heavy atom. The molecule has 7 heteroatoms. The normalized spacial score (nSPS) is 16.3. The molecule has 0 spiro atoms. The number of benzene rings is 1. The summed E-state index contributed by atoms with van der Waals surface area (Å²) >= 11 is 0. The summed E-state index contributed by atoms with van der Waals surface area (Å²) in [4.78, 5) is 17.8. The number of anilines is 1. The lowest BCUT2D eigenvalue weighted by atomic mass is 10.2. The lowest BCUT2D eigenvalue weighted by Gasteiger charge is -2.33. The van der Waals surface area contributed by atoms with Crippen LogP contribution >= 0.6 is 0 Å². The molecule has 0 aliphatic carbocycles. The van der Waals surface area contributed by atoms with Crippen molar-refractivity contribution in [1.82, 2.24) is 14.9 Å². The molecule has 1 saturated heterocycles. The van der Waals surface area contributed by atoms with Gasteiger partial charge in [-0.25, -0.2) is 14.4 Å². The van der Waals surface area contributed by atoms with E-state index in [1.807, 2.05) is 25.3 Å². The number of aromatic nitrogens is 2. The van der Waals surface area contributed by atoms with Crippen LogP contribution in [0.15, 0.2) is 39.9 Å². The smallest absolute Gasteiger partial charge is 0.192 e. The average molecular weight is 367 g/mol. The number of pyridine rings is 1. The van der Waals surface area contributed by atoms with E-state index in [0.717, 1.165) is 43.3 Å². The summed E-state index contributed by atoms with van der Waals surface area (Å²) in [7, 11) is 2.13. The van der Waals surface area contributed by atoms with E-state index in [1.165, 1.54) is 6.07 Å². The third-order valence-electron chi connectivity index (χ3n) is 4.83. The Hall–Kier alpha value is -2.80. The van der Waals surface area contributed by atoms with Crippen LogP contribution in [-0.2, 0) is 0 Å². The molecule has 4 rings (SSSR count). The maximum absolute atomic E-state index is 14.2. The SMILES string of the molecule is CC(=Nc1cc(F)c2nc(C)oc2c1)c1ccc(N2CCN(C)CC2)nc1. The van der Waals surface area contributed by atoms with Crippen molar-refractivity contribution in [1.29, 1.82) is 0 Å². The largest absolute Gasteiger partial charge is 0.441 e. The predicted molar refractivity (Wildman–Crippen MR) is 105 cm³/mol. The summed E-state index contributed by atoms with van der Waals surface area (Å²) in [5, 5.41) is 0. The first-order valence-electron chi connectivity index (χ1n) is 9.01. The van der Waals surface area contributed by atoms with Crippen LogP contribution in [0.4, 0.5) is 15.9 Å². The molecule has 0 N–H and O–H groups in total. The van der Waals surface area contributed by atoms with Crippen molar-refractivity contribution >= 4 is 28.3 Å². The third-order valence-corrected chi connectivity index (χ3v) is 4.83. The molecule has 0 amide bonds. The summed E-state index contributed by atoms with van der Waals surface area (Å²) in [5.41, 5.74) is 2.81. The Bertz CT molecular complexity index is 988. The van der Waals surface area contributed by atoms with Crippen molar-refractivity contribution < 1.29 is 8.81 Å². The van der Waals surface area contributed by atoms with Crippen molar-refractivity contribution in [3.05, 3.63) is 47.7 Å². The average Bonchev–Trinajstić information content (AvgIpc) is 3.03. The van der Waals surface area contributed by atoms with E-state index in [2.05, 4.69) is 31.8 Å². The van der Waals surface area contributed by atoms with Gasteiger partial charge >= 0.3 is 0 Å². The van der Waals surface area contributed by atoms with Gasteiger partial charge in [0.05, 0.1) is 5.69 Å². The second kappa shape index (κ2) is 7.08. The molecular weight excluding hydrogens is 345 g/mol. The number of hydrogen-bond donors (Lipinski definition) is 0. The molecule has 3 heterocycles. The minimum Gasteiger partial charge on any atom is -0.441 e. The minimum atomic E-state index is -0.431. The molecule has 0 radical (unpaired) electrons. The first-order chi connectivity index (χ1) is 13.0. The van der Waals surface area contributed by atoms with E-state index >= 15 is 0 Å². The van der Waals surface area contributed by atoms with Crippen LogP contribution in [0, 0.1) is 12.7 Å². The fourth-order valence-electron chi connectivity index (χ4n) is 3.23. The van der Waals surface area contributed by atoms with Gasteiger partial charge in [-0.3, -0.25) is 4.99 Å². The zero-order chi connectivity index (χ0) is 19.0. The number of nitrogens with zero attached hydrogens (tertiary/aromatic N) is 5. The van der Waals surface area contributed by atoms with Crippen LogP contribution in [0.1, 0.15) is 18.4 Å². The highest BCUT2D eigenvalue weighted by molar-refractivity contribution is 6.00. The number of piperazine rings is 1. The van der Waals surface area contributed by atoms with Gasteiger partial charge in [-0.15, -0.1) is 0 Å². The number of rotatable bonds is 3. The van der Waals surface area contributed by atoms with Crippen LogP contribution in [0.5, 0.6) is 0 Å². The van der Waals surface area contributed by atoms with Crippen LogP contribution < -0.4 is 4.90 Å². The fraction of sp³-hybridized carbons (Fsp3) is 0.350. The Morgan fingerprint density at radius 1 is 1.19 bits per heavy atom. The van der Waals surface area contributed by atoms with Gasteiger partial charge in [0.25, 0.3) is 0 Å². The molecule has 0 atom stereocenters. The van der Waals surface area contributed by atoms with Crippen molar-refractivity contribution in [2.45, 2.75) is 13.8 Å². The zero-order valence-corrected chi connectivity index (χ0v) is 15.7. The van der Waals surface area contributed by atoms with Crippen LogP contribution in [0.2, 0.25) is 0 Å². The monoisotopic (exact) mass is 367 g/mol. The van der Waals surface area contributed by atoms with Gasteiger partial charge in [0.15, 0.2) is 17.3 Å². The molecule has 0 unspecified atom stereocenters. The van der Waals surface area contributed by atoms with Crippen LogP contribution in [0.3, 0.4) is 0 Å². The molecule has 1 aliphatic rings. The number of aliphatic imine (C=N–C) groups is 1. The molecule has 2 aromatic heterocycles. The van der Waals surface area contributed by atoms with Gasteiger partial charge in [-0.1, -0.05) is 0 Å². The molecule has 1 aromatic carbocycles. The molecule has 27 heavy (non-hydrogen) atoms. The molecule has 140 valence electrons. The minimum absolute atomic E-state index is 0.238. The first-order valence-corrected chi connectivity index (χ1v) is 9.01. The van der Waals surface area contributed by atoms with Crippen LogP contribution in [0.25, 0.3) is 11.1 Å². The quantitative estimate of drug-likeness (QED) is 0.663. The van der Waals surface area contributed by atoms with Crippen molar-refractivity contribution in [2.24, 2.45) is 4.99 Å². The number of likely N-dealkylation sites (N-methyl/N-ethyl adjacent to an activating group) is 1. The van der Waals surface area contributed by atoms with Crippen molar-refractivity contribution in [3.63, 3.8) is 0 Å². The van der Waals surface area contributed by atoms with E-state index in [4.69, 9.17) is 4.42 Å². The Labute approximate surface area is 157 Å². The molecule has 1 fully saturated rings. The zero-order valence-electron chi connectivity index (χ0n) is 15.7. The maximum Gasteiger partial charge on any atom is 0.192 e. The lowest BCUT2D eigenvalue weighted by Crippen LogP contribution is -2.44. The summed E-state index contributed by atoms with van der Waals surface area (Å²) in [5.74, 6) is 0.981. The molecule has 0 bridgehead atoms. The number of halogens is 1. The van der Waals surface area contributed by atoms with Gasteiger partial charge in [0.2, 0.25) is 0 Å². The van der Waals surface area contributed by atoms with Gasteiger partial charge in [-0.2, -0.15) is 0 Å². The highest BCUT2D eigenvalue weighted by Crippen LogP contribution is 2.26. The first kappa shape index (κ1) is 17.6. The van der Waals surface area contributed by atoms with E-state index in [1.54, 1.807) is 13.0 Å². The Kier molecular flexibility index (Phi) is 4.61. The third kappa shape index (κ3) is 3.68. The number of oxazole rings is 1. The highest BCUT2D eigenvalue weighted by Gasteiger charge is 2.15. The molecule has 6 nitrogen and oxygen atoms in total. The van der Waals surface area contributed by atoms with Gasteiger partial charge in [0.1, 0.15) is 11.3 Å². The summed E-state index contributed by atoms with van der Waals surface area (Å²) < 4.78 is 19.6. The Balaban J connectivity index is 1.56. The Morgan fingerprint density at radius 2 is 1.96 bits per heavy atom. The standard InChI is InChI=1S/C20H22FN5O/c1-13(23-16-10-17(21)20-18(11-16)27-14(2)24-20)15-4-5-19(22-12-15)26-8-6-25(3)7-9-26/h4-5,10-12H,6-9H2,1-3H3. The molecule has 1 aliphatic heterocycles. The summed E-state index contributed by atoms with van der Waals surface area (Å²) in [6.07, 6.45) is 1.82. The second-order valence-corrected chi connectivity index (χ2v) is 6.90. The predicted octanol–water partition coefficient (Wildman–Crippen LogP) is 3.56. The summed E-state index contributed by atoms with van der Waals surface area (Å²) in [6, 6.07) is 7.10. The topological polar surface area (TPSA) is 57.8 Å². The molecule has 3 aromatic rings. The summed E-state index contributed by atoms with van der Waals surface area (Å²) in [6.45, 7) is 7.62. The highest BCUT2D eigenvalue weighted by atomic mass is 19.1. The van der Waals surface area contributed by atoms with Gasteiger partial charge in [0, 0.05) is 62.7 Å². The van der Waals surface area contributed by atoms with E-state index in [-0.39, 0.29) is 5.52 Å². The van der Waals surface area contributed by atoms with Gasteiger partial charge < -0.3 is 14.2 Å². The maximum atomic E-state index is 14.2.